The van der Waals surface area contributed by atoms with Gasteiger partial charge in [-0.05, 0) is 61.0 Å². The number of carbonyl (C=O) groups excluding carboxylic acids is 1. The van der Waals surface area contributed by atoms with Gasteiger partial charge in [-0.2, -0.15) is 4.68 Å². The van der Waals surface area contributed by atoms with Crippen LogP contribution < -0.4 is 5.32 Å². The number of aryl methyl sites for hydroxylation is 2. The van der Waals surface area contributed by atoms with Crippen LogP contribution in [0.5, 0.6) is 0 Å². The normalized spacial score (nSPS) is 12.7. The number of hydrogen-bond donors (Lipinski definition) is 1. The minimum absolute atomic E-state index is 0.0757. The first-order valence-corrected chi connectivity index (χ1v) is 12.3. The lowest BCUT2D eigenvalue weighted by Gasteiger charge is -2.15. The molecule has 0 spiro atoms. The largest absolute Gasteiger partial charge is 0.325 e. The molecule has 0 aliphatic carbocycles. The predicted octanol–water partition coefficient (Wildman–Crippen LogP) is 3.30. The number of rotatable bonds is 7. The molecule has 32 heavy (non-hydrogen) atoms. The fraction of sp³-hybridized carbons (Fsp3) is 0.300. The van der Waals surface area contributed by atoms with Crippen molar-refractivity contribution in [3.05, 3.63) is 52.5 Å². The minimum atomic E-state index is -3.76. The summed E-state index contributed by atoms with van der Waals surface area (Å²) in [5.41, 5.74) is 3.28. The zero-order valence-corrected chi connectivity index (χ0v) is 20.6. The summed E-state index contributed by atoms with van der Waals surface area (Å²) in [4.78, 5) is 12.7. The van der Waals surface area contributed by atoms with E-state index in [0.29, 0.717) is 10.8 Å². The van der Waals surface area contributed by atoms with Crippen molar-refractivity contribution in [3.63, 3.8) is 0 Å². The molecular formula is C20H23ClN6O3S2. The number of benzene rings is 2. The highest BCUT2D eigenvalue weighted by Crippen LogP contribution is 2.29. The molecule has 9 nitrogen and oxygen atoms in total. The van der Waals surface area contributed by atoms with Gasteiger partial charge in [-0.1, -0.05) is 41.1 Å². The van der Waals surface area contributed by atoms with Crippen molar-refractivity contribution in [3.8, 4) is 5.69 Å². The van der Waals surface area contributed by atoms with Gasteiger partial charge in [-0.15, -0.1) is 5.10 Å². The number of sulfonamides is 1. The van der Waals surface area contributed by atoms with E-state index in [9.17, 15) is 13.2 Å². The molecule has 1 heterocycles. The van der Waals surface area contributed by atoms with Crippen molar-refractivity contribution < 1.29 is 13.2 Å². The van der Waals surface area contributed by atoms with Crippen LogP contribution in [0.25, 0.3) is 5.69 Å². The molecule has 1 N–H and O–H groups in total. The van der Waals surface area contributed by atoms with Gasteiger partial charge in [-0.3, -0.25) is 4.79 Å². The number of halogens is 1. The molecule has 0 bridgehead atoms. The fourth-order valence-electron chi connectivity index (χ4n) is 2.88. The molecule has 1 aromatic heterocycles. The van der Waals surface area contributed by atoms with Crippen LogP contribution in [0.1, 0.15) is 18.1 Å². The molecule has 170 valence electrons. The lowest BCUT2D eigenvalue weighted by atomic mass is 10.1. The molecule has 1 unspecified atom stereocenters. The summed E-state index contributed by atoms with van der Waals surface area (Å²) in [5, 5.41) is 14.6. The first kappa shape index (κ1) is 24.2. The van der Waals surface area contributed by atoms with Gasteiger partial charge in [-0.25, -0.2) is 12.7 Å². The Hall–Kier alpha value is -2.47. The monoisotopic (exact) mass is 494 g/mol. The third-order valence-electron chi connectivity index (χ3n) is 4.63. The minimum Gasteiger partial charge on any atom is -0.325 e. The van der Waals surface area contributed by atoms with Gasteiger partial charge < -0.3 is 5.32 Å². The molecule has 0 aliphatic rings. The Kier molecular flexibility index (Phi) is 7.23. The van der Waals surface area contributed by atoms with Gasteiger partial charge in [0.2, 0.25) is 21.1 Å². The summed E-state index contributed by atoms with van der Waals surface area (Å²) in [6.45, 7) is 5.69. The van der Waals surface area contributed by atoms with Crippen LogP contribution in [0.3, 0.4) is 0 Å². The number of aromatic nitrogens is 4. The average molecular weight is 495 g/mol. The van der Waals surface area contributed by atoms with Crippen molar-refractivity contribution >= 4 is 45.0 Å². The molecule has 3 aromatic rings. The van der Waals surface area contributed by atoms with Crippen molar-refractivity contribution in [2.45, 2.75) is 36.1 Å². The van der Waals surface area contributed by atoms with Gasteiger partial charge >= 0.3 is 0 Å². The maximum Gasteiger partial charge on any atom is 0.244 e. The highest BCUT2D eigenvalue weighted by molar-refractivity contribution is 8.00. The standard InChI is InChI=1S/C20H23ClN6O3S2/c1-12-6-9-17(13(2)10-12)27-20(23-24-25-27)31-14(3)19(28)22-15-7-8-16(21)18(11-15)32(29,30)26(4)5/h6-11,14H,1-5H3,(H,22,28). The van der Waals surface area contributed by atoms with Gasteiger partial charge in [0.15, 0.2) is 0 Å². The number of nitrogens with one attached hydrogen (secondary N) is 1. The lowest BCUT2D eigenvalue weighted by molar-refractivity contribution is -0.115. The van der Waals surface area contributed by atoms with Crippen LogP contribution in [-0.2, 0) is 14.8 Å². The van der Waals surface area contributed by atoms with Crippen molar-refractivity contribution in [1.82, 2.24) is 24.5 Å². The molecule has 0 aliphatic heterocycles. The summed E-state index contributed by atoms with van der Waals surface area (Å²) in [6, 6.07) is 10.2. The molecule has 12 heteroatoms. The summed E-state index contributed by atoms with van der Waals surface area (Å²) in [5.74, 6) is -0.333. The van der Waals surface area contributed by atoms with Crippen LogP contribution in [0, 0.1) is 13.8 Å². The summed E-state index contributed by atoms with van der Waals surface area (Å²) in [6.07, 6.45) is 0. The van der Waals surface area contributed by atoms with Crippen molar-refractivity contribution in [2.24, 2.45) is 0 Å². The maximum absolute atomic E-state index is 12.8. The number of thioether (sulfide) groups is 1. The molecular weight excluding hydrogens is 472 g/mol. The quantitative estimate of drug-likeness (QED) is 0.501. The Morgan fingerprint density at radius 2 is 1.91 bits per heavy atom. The SMILES string of the molecule is Cc1ccc(-n2nnnc2SC(C)C(=O)Nc2ccc(Cl)c(S(=O)(=O)N(C)C)c2)c(C)c1. The first-order valence-electron chi connectivity index (χ1n) is 9.56. The highest BCUT2D eigenvalue weighted by atomic mass is 35.5. The van der Waals surface area contributed by atoms with Gasteiger partial charge in [0, 0.05) is 19.8 Å². The zero-order valence-electron chi connectivity index (χ0n) is 18.2. The summed E-state index contributed by atoms with van der Waals surface area (Å²) in [7, 11) is -0.931. The molecule has 3 rings (SSSR count). The molecule has 2 aromatic carbocycles. The second-order valence-electron chi connectivity index (χ2n) is 7.35. The van der Waals surface area contributed by atoms with E-state index in [2.05, 4.69) is 20.8 Å². The van der Waals surface area contributed by atoms with E-state index in [1.54, 1.807) is 17.7 Å². The van der Waals surface area contributed by atoms with E-state index < -0.39 is 15.3 Å². The zero-order chi connectivity index (χ0) is 23.6. The average Bonchev–Trinajstić information content (AvgIpc) is 3.16. The topological polar surface area (TPSA) is 110 Å². The molecule has 0 radical (unpaired) electrons. The van der Waals surface area contributed by atoms with Crippen LogP contribution in [0.4, 0.5) is 5.69 Å². The smallest absolute Gasteiger partial charge is 0.244 e. The molecule has 1 amide bonds. The van der Waals surface area contributed by atoms with Crippen molar-refractivity contribution in [1.29, 1.82) is 0 Å². The van der Waals surface area contributed by atoms with E-state index in [1.807, 2.05) is 32.0 Å². The maximum atomic E-state index is 12.8. The second kappa shape index (κ2) is 9.57. The van der Waals surface area contributed by atoms with Crippen LogP contribution in [0.15, 0.2) is 46.5 Å². The third-order valence-corrected chi connectivity index (χ3v) is 7.96. The van der Waals surface area contributed by atoms with E-state index in [-0.39, 0.29) is 15.8 Å². The van der Waals surface area contributed by atoms with Gasteiger partial charge in [0.1, 0.15) is 4.90 Å². The highest BCUT2D eigenvalue weighted by Gasteiger charge is 2.23. The van der Waals surface area contributed by atoms with Crippen molar-refractivity contribution in [2.75, 3.05) is 19.4 Å². The lowest BCUT2D eigenvalue weighted by Crippen LogP contribution is -2.24. The predicted molar refractivity (Wildman–Crippen MR) is 125 cm³/mol. The number of tetrazole rings is 1. The fourth-order valence-corrected chi connectivity index (χ4v) is 5.07. The van der Waals surface area contributed by atoms with Crippen LogP contribution in [-0.4, -0.2) is 58.2 Å². The van der Waals surface area contributed by atoms with E-state index in [0.717, 1.165) is 21.1 Å². The van der Waals surface area contributed by atoms with E-state index >= 15 is 0 Å². The summed E-state index contributed by atoms with van der Waals surface area (Å²) < 4.78 is 27.6. The van der Waals surface area contributed by atoms with E-state index in [4.69, 9.17) is 11.6 Å². The molecule has 0 saturated carbocycles. The number of amides is 1. The van der Waals surface area contributed by atoms with Crippen LogP contribution in [0.2, 0.25) is 5.02 Å². The van der Waals surface area contributed by atoms with Gasteiger partial charge in [0.05, 0.1) is 16.0 Å². The van der Waals surface area contributed by atoms with E-state index in [1.165, 1.54) is 38.0 Å². The Labute approximate surface area is 196 Å². The number of nitrogens with zero attached hydrogens (tertiary/aromatic N) is 5. The Balaban J connectivity index is 1.78. The Bertz CT molecular complexity index is 1260. The number of carbonyl (C=O) groups is 1. The third kappa shape index (κ3) is 5.12. The number of anilines is 1. The molecule has 1 atom stereocenters. The first-order chi connectivity index (χ1) is 15.0. The molecule has 0 fully saturated rings. The Morgan fingerprint density at radius 3 is 2.56 bits per heavy atom. The second-order valence-corrected chi connectivity index (χ2v) is 11.2. The van der Waals surface area contributed by atoms with Crippen LogP contribution >= 0.6 is 23.4 Å². The Morgan fingerprint density at radius 1 is 1.19 bits per heavy atom. The number of hydrogen-bond acceptors (Lipinski definition) is 7. The van der Waals surface area contributed by atoms with Gasteiger partial charge in [0.25, 0.3) is 0 Å². The summed E-state index contributed by atoms with van der Waals surface area (Å²) >= 11 is 7.26. The molecule has 0 saturated heterocycles.